The van der Waals surface area contributed by atoms with E-state index in [1.54, 1.807) is 0 Å². The molecule has 0 aromatic heterocycles. The molecule has 0 aromatic carbocycles. The molecule has 154 valence electrons. The van der Waals surface area contributed by atoms with E-state index in [4.69, 9.17) is 0 Å². The molecule has 0 heterocycles. The second-order valence-corrected chi connectivity index (χ2v) is 11.8. The second kappa shape index (κ2) is 6.45. The van der Waals surface area contributed by atoms with Gasteiger partial charge in [-0.3, -0.25) is 14.9 Å². The van der Waals surface area contributed by atoms with Gasteiger partial charge in [0, 0.05) is 6.26 Å². The Morgan fingerprint density at radius 3 is 1.89 bits per heavy atom. The molecule has 12 heteroatoms. The minimum absolute atomic E-state index is 0.345. The Morgan fingerprint density at radius 1 is 1.04 bits per heavy atom. The van der Waals surface area contributed by atoms with Gasteiger partial charge in [-0.2, -0.15) is 8.78 Å². The molecule has 0 radical (unpaired) electrons. The zero-order valence-corrected chi connectivity index (χ0v) is 16.3. The fraction of sp³-hybridized carbons (Fsp3) is 0.867. The minimum atomic E-state index is -5.76. The molecule has 4 aliphatic rings. The van der Waals surface area contributed by atoms with Crippen LogP contribution < -0.4 is 5.32 Å². The molecule has 0 atom stereocenters. The van der Waals surface area contributed by atoms with Crippen molar-refractivity contribution in [2.45, 2.75) is 50.2 Å². The summed E-state index contributed by atoms with van der Waals surface area (Å²) >= 11 is 0. The van der Waals surface area contributed by atoms with Crippen LogP contribution in [0.1, 0.15) is 44.9 Å². The van der Waals surface area contributed by atoms with Crippen molar-refractivity contribution in [3.8, 4) is 0 Å². The molecule has 0 aromatic rings. The first-order chi connectivity index (χ1) is 12.2. The highest BCUT2D eigenvalue weighted by Gasteiger charge is 2.55. The highest BCUT2D eigenvalue weighted by Crippen LogP contribution is 2.60. The van der Waals surface area contributed by atoms with E-state index in [1.807, 2.05) is 5.32 Å². The van der Waals surface area contributed by atoms with Gasteiger partial charge in [-0.25, -0.2) is 16.8 Å². The van der Waals surface area contributed by atoms with Crippen LogP contribution in [-0.4, -0.2) is 40.2 Å². The van der Waals surface area contributed by atoms with Crippen molar-refractivity contribution in [2.24, 2.45) is 23.2 Å². The molecule has 27 heavy (non-hydrogen) atoms. The number of amides is 2. The Bertz CT molecular complexity index is 833. The molecular formula is C15H21F2N2O6S2-. The van der Waals surface area contributed by atoms with Crippen molar-refractivity contribution in [1.29, 1.82) is 0 Å². The van der Waals surface area contributed by atoms with E-state index < -0.39 is 49.0 Å². The largest absolute Gasteiger partial charge is 0.431 e. The first-order valence-electron chi connectivity index (χ1n) is 8.62. The van der Waals surface area contributed by atoms with E-state index in [0.29, 0.717) is 43.3 Å². The van der Waals surface area contributed by atoms with E-state index in [2.05, 4.69) is 4.13 Å². The number of hydrogen-bond acceptors (Lipinski definition) is 6. The number of nitrogens with one attached hydrogen (secondary N) is 1. The van der Waals surface area contributed by atoms with Gasteiger partial charge in [0.1, 0.15) is 16.4 Å². The molecule has 4 rings (SSSR count). The number of rotatable bonds is 6. The molecule has 0 saturated heterocycles. The zero-order valence-electron chi connectivity index (χ0n) is 14.7. The summed E-state index contributed by atoms with van der Waals surface area (Å²) in [7, 11) is -10.4. The zero-order chi connectivity index (χ0) is 20.3. The first-order valence-corrected chi connectivity index (χ1v) is 11.9. The maximum atomic E-state index is 13.9. The van der Waals surface area contributed by atoms with E-state index in [-0.39, 0.29) is 0 Å². The van der Waals surface area contributed by atoms with E-state index in [9.17, 15) is 35.2 Å². The van der Waals surface area contributed by atoms with Crippen LogP contribution in [0.25, 0.3) is 4.13 Å². The van der Waals surface area contributed by atoms with Gasteiger partial charge in [-0.1, -0.05) is 0 Å². The van der Waals surface area contributed by atoms with E-state index in [0.717, 1.165) is 19.3 Å². The molecule has 0 unspecified atom stereocenters. The van der Waals surface area contributed by atoms with Crippen LogP contribution in [0.2, 0.25) is 0 Å². The Hall–Kier alpha value is -1.14. The predicted octanol–water partition coefficient (Wildman–Crippen LogP) is 1.49. The van der Waals surface area contributed by atoms with E-state index in [1.165, 1.54) is 0 Å². The summed E-state index contributed by atoms with van der Waals surface area (Å²) in [4.78, 5) is 24.5. The number of imide groups is 1. The number of nitrogens with zero attached hydrogens (tertiary/aromatic N) is 1. The number of alkyl halides is 2. The van der Waals surface area contributed by atoms with Crippen molar-refractivity contribution >= 4 is 31.9 Å². The summed E-state index contributed by atoms with van der Waals surface area (Å²) in [6.07, 6.45) is 3.43. The summed E-state index contributed by atoms with van der Waals surface area (Å²) in [6.45, 7) is 0. The lowest BCUT2D eigenvalue weighted by Crippen LogP contribution is -2.55. The smallest absolute Gasteiger partial charge is 0.338 e. The summed E-state index contributed by atoms with van der Waals surface area (Å²) in [5.74, 6) is -0.916. The fourth-order valence-corrected chi connectivity index (χ4v) is 7.38. The molecule has 0 spiro atoms. The van der Waals surface area contributed by atoms with Gasteiger partial charge in [0.2, 0.25) is 11.8 Å². The predicted molar refractivity (Wildman–Crippen MR) is 90.4 cm³/mol. The highest BCUT2D eigenvalue weighted by atomic mass is 32.3. The molecule has 2 amide bonds. The topological polar surface area (TPSA) is 129 Å². The third kappa shape index (κ3) is 4.16. The first kappa shape index (κ1) is 20.6. The molecular weight excluding hydrogens is 406 g/mol. The summed E-state index contributed by atoms with van der Waals surface area (Å²) in [5, 5.41) is -2.82. The van der Waals surface area contributed by atoms with Crippen molar-refractivity contribution in [3.63, 3.8) is 0 Å². The lowest BCUT2D eigenvalue weighted by atomic mass is 9.49. The standard InChI is InChI=1S/C15H21F2N2O6S2/c1-26(22,23)19-27(24,25)15(16,17)8-12(20)18-13(21)14-5-9-2-10(6-14)4-11(3-9)7-14/h9-11H,2-8H2,1H3,(H,18,20,21)/q-1. The van der Waals surface area contributed by atoms with Gasteiger partial charge >= 0.3 is 5.25 Å². The highest BCUT2D eigenvalue weighted by molar-refractivity contribution is 8.12. The maximum absolute atomic E-state index is 13.9. The van der Waals surface area contributed by atoms with Crippen LogP contribution in [0, 0.1) is 23.2 Å². The monoisotopic (exact) mass is 427 g/mol. The van der Waals surface area contributed by atoms with Crippen molar-refractivity contribution in [2.75, 3.05) is 6.26 Å². The van der Waals surface area contributed by atoms with Crippen molar-refractivity contribution in [3.05, 3.63) is 4.13 Å². The van der Waals surface area contributed by atoms with Crippen LogP contribution in [-0.2, 0) is 29.6 Å². The van der Waals surface area contributed by atoms with Gasteiger partial charge in [-0.15, -0.1) is 0 Å². The average Bonchev–Trinajstić information content (AvgIpc) is 2.41. The lowest BCUT2D eigenvalue weighted by molar-refractivity contribution is -0.150. The van der Waals surface area contributed by atoms with Gasteiger partial charge in [-0.05, 0) is 56.3 Å². The molecule has 4 aliphatic carbocycles. The number of carbonyl (C=O) groups excluding carboxylic acids is 2. The Balaban J connectivity index is 1.66. The lowest BCUT2D eigenvalue weighted by Gasteiger charge is -2.55. The maximum Gasteiger partial charge on any atom is 0.338 e. The molecule has 4 saturated carbocycles. The average molecular weight is 427 g/mol. The molecule has 4 fully saturated rings. The third-order valence-corrected chi connectivity index (χ3v) is 8.52. The molecule has 4 bridgehead atoms. The number of hydrogen-bond donors (Lipinski definition) is 1. The van der Waals surface area contributed by atoms with Gasteiger partial charge < -0.3 is 4.13 Å². The fourth-order valence-electron chi connectivity index (χ4n) is 5.20. The second-order valence-electron chi connectivity index (χ2n) is 8.17. The number of sulfonamides is 2. The summed E-state index contributed by atoms with van der Waals surface area (Å²) in [5.41, 5.74) is -0.754. The van der Waals surface area contributed by atoms with Crippen LogP contribution in [0.4, 0.5) is 8.78 Å². The van der Waals surface area contributed by atoms with Crippen LogP contribution in [0.15, 0.2) is 0 Å². The number of carbonyl (C=O) groups is 2. The normalized spacial score (nSPS) is 33.1. The minimum Gasteiger partial charge on any atom is -0.431 e. The Morgan fingerprint density at radius 2 is 1.48 bits per heavy atom. The SMILES string of the molecule is CS(=O)(=O)[N-]S(=O)(=O)C(F)(F)CC(=O)NC(=O)C12CC3CC(CC(C3)C1)C2. The van der Waals surface area contributed by atoms with Crippen molar-refractivity contribution < 1.29 is 35.2 Å². The summed E-state index contributed by atoms with van der Waals surface area (Å²) in [6, 6.07) is 0. The van der Waals surface area contributed by atoms with Crippen LogP contribution in [0.3, 0.4) is 0 Å². The third-order valence-electron chi connectivity index (χ3n) is 5.75. The van der Waals surface area contributed by atoms with E-state index >= 15 is 0 Å². The quantitative estimate of drug-likeness (QED) is 0.684. The summed E-state index contributed by atoms with van der Waals surface area (Å²) < 4.78 is 74.5. The van der Waals surface area contributed by atoms with Gasteiger partial charge in [0.25, 0.3) is 0 Å². The van der Waals surface area contributed by atoms with Gasteiger partial charge in [0.15, 0.2) is 0 Å². The Kier molecular flexibility index (Phi) is 4.92. The molecule has 0 aliphatic heterocycles. The Labute approximate surface area is 156 Å². The van der Waals surface area contributed by atoms with Crippen LogP contribution >= 0.6 is 0 Å². The van der Waals surface area contributed by atoms with Crippen LogP contribution in [0.5, 0.6) is 0 Å². The molecule has 1 N–H and O–H groups in total. The molecule has 8 nitrogen and oxygen atoms in total. The number of halogens is 2. The van der Waals surface area contributed by atoms with Gasteiger partial charge in [0.05, 0.1) is 15.4 Å². The van der Waals surface area contributed by atoms with Crippen molar-refractivity contribution in [1.82, 2.24) is 5.32 Å².